The Morgan fingerprint density at radius 3 is 2.26 bits per heavy atom. The number of piperidine rings is 1. The van der Waals surface area contributed by atoms with Crippen molar-refractivity contribution in [1.82, 2.24) is 20.5 Å². The number of para-hydroxylation sites is 1. The summed E-state index contributed by atoms with van der Waals surface area (Å²) in [5.41, 5.74) is 6.98. The van der Waals surface area contributed by atoms with E-state index < -0.39 is 132 Å². The number of amides is 6. The first kappa shape index (κ1) is 86.3. The lowest BCUT2D eigenvalue weighted by Gasteiger charge is -2.42. The maximum absolute atomic E-state index is 14.7. The number of carboxylic acids is 1. The molecule has 2 aromatic carbocycles. The molecule has 6 N–H and O–H groups in total. The second-order valence-corrected chi connectivity index (χ2v) is 31.1. The normalized spacial score (nSPS) is 30.4. The Bertz CT molecular complexity index is 3870. The van der Waals surface area contributed by atoms with Crippen LogP contribution in [0.1, 0.15) is 181 Å². The number of unbranched alkanes of at least 4 members (excludes halogenated alkanes) is 2. The van der Waals surface area contributed by atoms with E-state index in [0.717, 1.165) is 39.4 Å². The lowest BCUT2D eigenvalue weighted by atomic mass is 9.78. The molecule has 0 spiro atoms. The molecule has 1 unspecified atom stereocenters. The summed E-state index contributed by atoms with van der Waals surface area (Å²) in [7, 11) is 4.51. The molecule has 0 radical (unpaired) electrons. The average molecular weight is 1530 g/mol. The summed E-state index contributed by atoms with van der Waals surface area (Å²) in [6, 6.07) is 12.0. The number of aliphatic hydroxyl groups excluding tert-OH is 2. The molecular weight excluding hydrogens is 1420 g/mol. The van der Waals surface area contributed by atoms with Crippen molar-refractivity contribution in [3.63, 3.8) is 0 Å². The lowest BCUT2D eigenvalue weighted by Crippen LogP contribution is -2.61. The number of cyclic esters (lactones) is 1. The van der Waals surface area contributed by atoms with Gasteiger partial charge in [0, 0.05) is 101 Å². The summed E-state index contributed by atoms with van der Waals surface area (Å²) >= 11 is 0.814. The molecule has 1 saturated carbocycles. The molecular formula is C83H110N6O19S. The SMILES string of the molecule is CO[C@H]1C[C@@H]2CC[C@@H](C)[C@@](O)(O2)C(=O)C(=O)N2CCCC[C@H]2C(=O)O[C@H]([C@H](C)C[C@@H]2CC[C@@H](O)[C@H](OC)C2)CC(=O)[C@H](C)/C=C(\C)[C@@H](O)[C@@H](OC)/C(=N/NC(=O)CCCCCN2C(=O)C=C(SCC(NC(=O)CCC(=O)N3Cc4ccccc4C#Cc4ccccc43)C(=O)O)C2=O)[C@H](C)C[C@H](C)/C=C/C=C/C=C/1C. The number of rotatable bonds is 21. The van der Waals surface area contributed by atoms with Gasteiger partial charge in [-0.15, -0.1) is 11.8 Å². The molecule has 25 nitrogen and oxygen atoms in total. The van der Waals surface area contributed by atoms with E-state index in [9.17, 15) is 68.4 Å². The fourth-order valence-electron chi connectivity index (χ4n) is 15.2. The van der Waals surface area contributed by atoms with Crippen molar-refractivity contribution in [2.45, 2.75) is 231 Å². The number of hydrazone groups is 1. The van der Waals surface area contributed by atoms with Crippen LogP contribution < -0.4 is 15.6 Å². The summed E-state index contributed by atoms with van der Waals surface area (Å²) in [6.45, 7) is 12.9. The monoisotopic (exact) mass is 1530 g/mol. The van der Waals surface area contributed by atoms with Crippen molar-refractivity contribution in [2.24, 2.45) is 40.6 Å². The molecule has 8 rings (SSSR count). The number of aliphatic hydroxyl groups is 3. The number of methoxy groups -OCH3 is 3. The van der Waals surface area contributed by atoms with Gasteiger partial charge in [-0.25, -0.2) is 15.0 Å². The Morgan fingerprint density at radius 2 is 1.52 bits per heavy atom. The predicted molar refractivity (Wildman–Crippen MR) is 410 cm³/mol. The highest BCUT2D eigenvalue weighted by Gasteiger charge is 2.53. The number of hydrogen-bond donors (Lipinski definition) is 6. The number of anilines is 1. The van der Waals surface area contributed by atoms with Gasteiger partial charge in [-0.1, -0.05) is 120 Å². The zero-order valence-electron chi connectivity index (χ0n) is 64.5. The van der Waals surface area contributed by atoms with E-state index in [1.807, 2.05) is 94.5 Å². The van der Waals surface area contributed by atoms with Crippen molar-refractivity contribution in [2.75, 3.05) is 45.1 Å². The van der Waals surface area contributed by atoms with Crippen LogP contribution in [0.5, 0.6) is 0 Å². The molecule has 26 heteroatoms. The van der Waals surface area contributed by atoms with E-state index >= 15 is 0 Å². The van der Waals surface area contributed by atoms with Crippen molar-refractivity contribution in [3.8, 4) is 11.8 Å². The molecule has 16 atom stereocenters. The Morgan fingerprint density at radius 1 is 0.789 bits per heavy atom. The van der Waals surface area contributed by atoms with E-state index in [1.54, 1.807) is 58.1 Å². The number of esters is 1. The zero-order chi connectivity index (χ0) is 79.2. The summed E-state index contributed by atoms with van der Waals surface area (Å²) in [5, 5.41) is 52.3. The predicted octanol–water partition coefficient (Wildman–Crippen LogP) is 8.93. The standard InChI is InChI=1S/C83H110N6O19S/c1-50-23-13-11-14-24-51(2)67(104-8)45-61-35-31-56(7)83(103,108-61)78(97)80(99)87-39-22-20-29-64(87)82(102)107-68(53(4)43-57-32-36-65(90)69(44-57)105-9)46-66(91)52(3)42-55(6)76(96)77(106-10)75(54(5)41-50)86-85-72(93)30-15-12-21-40-88-74(95)47-70(79(88)98)109-49-62(81(100)101)84-71(92)37-38-73(94)89-48-60-27-17-16-25-58(60)33-34-59-26-18-19-28-63(59)89/h11,13-14,16-19,23-28,42,47,50,52-54,56-57,61-62,64-65,67-69,76-77,90,96,103H,12,15,20-22,29-32,35-41,43-46,48-49H2,1-10H3,(H,84,92)(H,85,93)(H,100,101)/b14-11+,23-13+,51-24+,55-42+,86-75+/t50-,52-,53-,54-,56-,57+,61+,62?,64+,65-,67+,68+,69-,76-,77+,83-/m1/s1. The van der Waals surface area contributed by atoms with Crippen LogP contribution in [0, 0.1) is 47.3 Å². The number of fused-ring (bicyclic) bond motifs is 5. The summed E-state index contributed by atoms with van der Waals surface area (Å²) in [6.07, 6.45) is 11.6. The average Bonchev–Trinajstić information content (AvgIpc) is 1.09. The van der Waals surface area contributed by atoms with Gasteiger partial charge in [-0.3, -0.25) is 43.3 Å². The fraction of sp³-hybridized carbons (Fsp3) is 0.578. The number of thioether (sulfide) groups is 1. The number of allylic oxidation sites excluding steroid dienone is 6. The lowest BCUT2D eigenvalue weighted by molar-refractivity contribution is -0.265. The van der Waals surface area contributed by atoms with Crippen LogP contribution in [0.15, 0.2) is 112 Å². The number of nitrogens with one attached hydrogen (secondary N) is 2. The number of carbonyl (C=O) groups is 10. The number of hydrogen-bond acceptors (Lipinski definition) is 20. The van der Waals surface area contributed by atoms with E-state index in [-0.39, 0.29) is 92.3 Å². The third-order valence-corrected chi connectivity index (χ3v) is 23.0. The second-order valence-electron chi connectivity index (χ2n) is 30.0. The van der Waals surface area contributed by atoms with Gasteiger partial charge < -0.3 is 59.2 Å². The number of aliphatic carboxylic acids is 1. The number of ketones is 2. The fourth-order valence-corrected chi connectivity index (χ4v) is 16.2. The number of carbonyl (C=O) groups excluding carboxylic acids is 9. The number of imide groups is 1. The molecule has 0 aromatic heterocycles. The summed E-state index contributed by atoms with van der Waals surface area (Å²) in [4.78, 5) is 142. The Kier molecular flexibility index (Phi) is 32.6. The number of nitrogens with zero attached hydrogens (tertiary/aromatic N) is 4. The first-order chi connectivity index (χ1) is 52.0. The van der Waals surface area contributed by atoms with Gasteiger partial charge in [0.15, 0.2) is 0 Å². The maximum Gasteiger partial charge on any atom is 0.329 e. The highest BCUT2D eigenvalue weighted by Crippen LogP contribution is 2.39. The number of ether oxygens (including phenoxy) is 5. The van der Waals surface area contributed by atoms with Crippen LogP contribution in [0.2, 0.25) is 0 Å². The number of carboxylic acid groups (broad SMARTS) is 1. The van der Waals surface area contributed by atoms with Gasteiger partial charge in [0.05, 0.1) is 47.3 Å². The highest BCUT2D eigenvalue weighted by molar-refractivity contribution is 8.04. The van der Waals surface area contributed by atoms with Crippen LogP contribution in [-0.2, 0) is 78.2 Å². The Hall–Kier alpha value is -8.26. The zero-order valence-corrected chi connectivity index (χ0v) is 65.3. The van der Waals surface area contributed by atoms with Crippen molar-refractivity contribution < 1.29 is 92.1 Å². The maximum atomic E-state index is 14.7. The van der Waals surface area contributed by atoms with Crippen LogP contribution in [0.4, 0.5) is 5.69 Å². The molecule has 5 heterocycles. The molecule has 2 bridgehead atoms. The van der Waals surface area contributed by atoms with Gasteiger partial charge in [0.25, 0.3) is 23.5 Å². The van der Waals surface area contributed by atoms with Crippen LogP contribution in [0.25, 0.3) is 0 Å². The van der Waals surface area contributed by atoms with Crippen LogP contribution in [0.3, 0.4) is 0 Å². The first-order valence-corrected chi connectivity index (χ1v) is 39.3. The highest BCUT2D eigenvalue weighted by atomic mass is 32.2. The molecule has 6 amide bonds. The van der Waals surface area contributed by atoms with E-state index in [4.69, 9.17) is 23.7 Å². The van der Waals surface area contributed by atoms with E-state index in [0.29, 0.717) is 99.6 Å². The second kappa shape index (κ2) is 41.1. The quantitative estimate of drug-likeness (QED) is 0.0129. The smallest absolute Gasteiger partial charge is 0.329 e. The van der Waals surface area contributed by atoms with Gasteiger partial charge in [-0.05, 0) is 149 Å². The third-order valence-electron chi connectivity index (χ3n) is 21.9. The van der Waals surface area contributed by atoms with Crippen molar-refractivity contribution >= 4 is 82.1 Å². The molecule has 6 aliphatic rings. The van der Waals surface area contributed by atoms with Crippen LogP contribution >= 0.6 is 11.8 Å². The minimum atomic E-state index is -2.49. The molecule has 592 valence electrons. The summed E-state index contributed by atoms with van der Waals surface area (Å²) < 4.78 is 30.2. The van der Waals surface area contributed by atoms with E-state index in [2.05, 4.69) is 27.7 Å². The van der Waals surface area contributed by atoms with Crippen LogP contribution in [-0.4, -0.2) is 196 Å². The van der Waals surface area contributed by atoms with E-state index in [1.165, 1.54) is 12.0 Å². The largest absolute Gasteiger partial charge is 0.480 e. The van der Waals surface area contributed by atoms with Crippen molar-refractivity contribution in [1.29, 1.82) is 0 Å². The topological polar surface area (TPSA) is 344 Å². The van der Waals surface area contributed by atoms with Gasteiger partial charge in [0.1, 0.15) is 36.2 Å². The number of benzene rings is 2. The minimum absolute atomic E-state index is 0.00260. The minimum Gasteiger partial charge on any atom is -0.480 e. The van der Waals surface area contributed by atoms with Crippen molar-refractivity contribution in [3.05, 3.63) is 124 Å². The molecule has 3 fully saturated rings. The summed E-state index contributed by atoms with van der Waals surface area (Å²) in [5.74, 6) is -6.48. The van der Waals surface area contributed by atoms with Gasteiger partial charge in [0.2, 0.25) is 23.5 Å². The number of Topliss-reactive ketones (excluding diaryl/α,β-unsaturated/α-hetero) is 2. The first-order valence-electron chi connectivity index (χ1n) is 38.3. The Balaban J connectivity index is 0.917. The van der Waals surface area contributed by atoms with Gasteiger partial charge in [-0.2, -0.15) is 5.10 Å². The molecule has 2 aromatic rings. The molecule has 109 heavy (non-hydrogen) atoms. The van der Waals surface area contributed by atoms with Gasteiger partial charge >= 0.3 is 11.9 Å². The Labute approximate surface area is 644 Å². The molecule has 2 saturated heterocycles. The molecule has 5 aliphatic heterocycles. The third kappa shape index (κ3) is 23.4. The molecule has 1 aliphatic carbocycles.